The lowest BCUT2D eigenvalue weighted by Gasteiger charge is -2.18. The molecule has 5 nitrogen and oxygen atoms in total. The molecule has 1 atom stereocenters. The molecule has 1 saturated heterocycles. The molecule has 0 spiro atoms. The maximum atomic E-state index is 12.7. The second-order valence-corrected chi connectivity index (χ2v) is 5.92. The van der Waals surface area contributed by atoms with Crippen molar-refractivity contribution in [2.75, 3.05) is 17.3 Å². The zero-order valence-electron chi connectivity index (χ0n) is 14.0. The van der Waals surface area contributed by atoms with E-state index < -0.39 is 6.04 Å². The summed E-state index contributed by atoms with van der Waals surface area (Å²) in [6, 6.07) is 12.3. The van der Waals surface area contributed by atoms with Crippen LogP contribution >= 0.6 is 0 Å². The lowest BCUT2D eigenvalue weighted by molar-refractivity contribution is -0.121. The minimum Gasteiger partial charge on any atom is -0.497 e. The number of ether oxygens (including phenoxy) is 1. The maximum absolute atomic E-state index is 12.7. The molecule has 1 N–H and O–H groups in total. The van der Waals surface area contributed by atoms with Gasteiger partial charge in [-0.1, -0.05) is 18.2 Å². The summed E-state index contributed by atoms with van der Waals surface area (Å²) in [5, 5.41) is 3.22. The summed E-state index contributed by atoms with van der Waals surface area (Å²) >= 11 is 0. The molecule has 2 amide bonds. The van der Waals surface area contributed by atoms with Crippen LogP contribution in [0.4, 0.5) is 11.4 Å². The molecule has 0 saturated carbocycles. The van der Waals surface area contributed by atoms with Crippen LogP contribution in [-0.4, -0.2) is 25.0 Å². The van der Waals surface area contributed by atoms with Gasteiger partial charge >= 0.3 is 0 Å². The highest BCUT2D eigenvalue weighted by molar-refractivity contribution is 6.23. The molecular formula is C19H20N2O3. The number of rotatable bonds is 4. The van der Waals surface area contributed by atoms with E-state index in [4.69, 9.17) is 4.74 Å². The highest BCUT2D eigenvalue weighted by Crippen LogP contribution is 2.28. The number of methoxy groups -OCH3 is 1. The molecule has 24 heavy (non-hydrogen) atoms. The van der Waals surface area contributed by atoms with E-state index in [1.807, 2.05) is 32.0 Å². The lowest BCUT2D eigenvalue weighted by Crippen LogP contribution is -2.34. The fourth-order valence-electron chi connectivity index (χ4n) is 2.86. The first kappa shape index (κ1) is 16.1. The number of benzene rings is 2. The Kier molecular flexibility index (Phi) is 4.25. The minimum atomic E-state index is -0.552. The smallest absolute Gasteiger partial charge is 0.256 e. The van der Waals surface area contributed by atoms with E-state index in [1.165, 1.54) is 4.90 Å². The van der Waals surface area contributed by atoms with Gasteiger partial charge < -0.3 is 10.1 Å². The van der Waals surface area contributed by atoms with Crippen molar-refractivity contribution < 1.29 is 14.3 Å². The third kappa shape index (κ3) is 2.85. The molecule has 1 heterocycles. The molecule has 0 unspecified atom stereocenters. The van der Waals surface area contributed by atoms with Crippen molar-refractivity contribution in [1.29, 1.82) is 0 Å². The molecule has 0 aliphatic carbocycles. The zero-order valence-corrected chi connectivity index (χ0v) is 14.0. The number of hydrogen-bond donors (Lipinski definition) is 1. The van der Waals surface area contributed by atoms with Gasteiger partial charge in [0.1, 0.15) is 11.8 Å². The topological polar surface area (TPSA) is 58.6 Å². The van der Waals surface area contributed by atoms with Crippen molar-refractivity contribution in [2.45, 2.75) is 26.3 Å². The number of amides is 2. The van der Waals surface area contributed by atoms with Gasteiger partial charge in [-0.05, 0) is 43.2 Å². The van der Waals surface area contributed by atoms with Gasteiger partial charge in [0.25, 0.3) is 5.91 Å². The highest BCUT2D eigenvalue weighted by atomic mass is 16.5. The Hall–Kier alpha value is -2.82. The second kappa shape index (κ2) is 6.35. The number of carbonyl (C=O) groups is 2. The van der Waals surface area contributed by atoms with Gasteiger partial charge in [-0.2, -0.15) is 0 Å². The van der Waals surface area contributed by atoms with Crippen LogP contribution in [-0.2, 0) is 9.59 Å². The van der Waals surface area contributed by atoms with E-state index in [0.29, 0.717) is 11.4 Å². The second-order valence-electron chi connectivity index (χ2n) is 5.92. The van der Waals surface area contributed by atoms with Gasteiger partial charge in [0.2, 0.25) is 5.91 Å². The average Bonchev–Trinajstić information content (AvgIpc) is 2.85. The third-order valence-electron chi connectivity index (χ3n) is 4.39. The summed E-state index contributed by atoms with van der Waals surface area (Å²) in [5.41, 5.74) is 3.64. The van der Waals surface area contributed by atoms with Crippen molar-refractivity contribution in [3.05, 3.63) is 53.6 Å². The van der Waals surface area contributed by atoms with E-state index in [9.17, 15) is 9.59 Å². The van der Waals surface area contributed by atoms with Crippen molar-refractivity contribution in [2.24, 2.45) is 0 Å². The lowest BCUT2D eigenvalue weighted by atomic mass is 10.1. The molecule has 124 valence electrons. The SMILES string of the molecule is COc1cccc(N2C(=O)C[C@@H](Nc3cccc(C)c3C)C2=O)c1. The molecule has 0 bridgehead atoms. The molecule has 0 aromatic heterocycles. The quantitative estimate of drug-likeness (QED) is 0.878. The van der Waals surface area contributed by atoms with Crippen LogP contribution in [0, 0.1) is 13.8 Å². The molecule has 0 radical (unpaired) electrons. The molecule has 1 aliphatic heterocycles. The largest absolute Gasteiger partial charge is 0.497 e. The Morgan fingerprint density at radius 2 is 1.88 bits per heavy atom. The molecule has 2 aromatic rings. The van der Waals surface area contributed by atoms with E-state index in [-0.39, 0.29) is 18.2 Å². The highest BCUT2D eigenvalue weighted by Gasteiger charge is 2.39. The number of carbonyl (C=O) groups excluding carboxylic acids is 2. The number of nitrogens with one attached hydrogen (secondary N) is 1. The Morgan fingerprint density at radius 3 is 2.62 bits per heavy atom. The van der Waals surface area contributed by atoms with Gasteiger partial charge in [-0.15, -0.1) is 0 Å². The number of imide groups is 1. The minimum absolute atomic E-state index is 0.142. The molecule has 1 fully saturated rings. The van der Waals surface area contributed by atoms with Crippen LogP contribution in [0.5, 0.6) is 5.75 Å². The molecule has 2 aromatic carbocycles. The fourth-order valence-corrected chi connectivity index (χ4v) is 2.86. The molecule has 5 heteroatoms. The van der Waals surface area contributed by atoms with Gasteiger partial charge in [0, 0.05) is 11.8 Å². The van der Waals surface area contributed by atoms with Crippen LogP contribution in [0.15, 0.2) is 42.5 Å². The van der Waals surface area contributed by atoms with Gasteiger partial charge in [0.05, 0.1) is 19.2 Å². The van der Waals surface area contributed by atoms with Crippen LogP contribution in [0.1, 0.15) is 17.5 Å². The van der Waals surface area contributed by atoms with Gasteiger partial charge in [-0.3, -0.25) is 9.59 Å². The Labute approximate surface area is 141 Å². The maximum Gasteiger partial charge on any atom is 0.256 e. The zero-order chi connectivity index (χ0) is 17.3. The molecular weight excluding hydrogens is 304 g/mol. The van der Waals surface area contributed by atoms with Crippen molar-refractivity contribution in [3.8, 4) is 5.75 Å². The van der Waals surface area contributed by atoms with Crippen molar-refractivity contribution in [3.63, 3.8) is 0 Å². The molecule has 1 aliphatic rings. The standard InChI is InChI=1S/C19H20N2O3/c1-12-6-4-9-16(13(12)2)20-17-11-18(22)21(19(17)23)14-7-5-8-15(10-14)24-3/h4-10,17,20H,11H2,1-3H3/t17-/m1/s1. The predicted octanol–water partition coefficient (Wildman–Crippen LogP) is 3.06. The van der Waals surface area contributed by atoms with E-state index >= 15 is 0 Å². The fraction of sp³-hybridized carbons (Fsp3) is 0.263. The van der Waals surface area contributed by atoms with Crippen LogP contribution < -0.4 is 15.0 Å². The summed E-state index contributed by atoms with van der Waals surface area (Å²) in [5.74, 6) is 0.157. The predicted molar refractivity (Wildman–Crippen MR) is 93.4 cm³/mol. The van der Waals surface area contributed by atoms with Crippen LogP contribution in [0.25, 0.3) is 0 Å². The van der Waals surface area contributed by atoms with Crippen LogP contribution in [0.3, 0.4) is 0 Å². The normalized spacial score (nSPS) is 17.3. The Balaban J connectivity index is 1.85. The first-order valence-corrected chi connectivity index (χ1v) is 7.85. The van der Waals surface area contributed by atoms with Crippen molar-refractivity contribution >= 4 is 23.2 Å². The Bertz CT molecular complexity index is 801. The van der Waals surface area contributed by atoms with E-state index in [2.05, 4.69) is 5.32 Å². The number of hydrogen-bond acceptors (Lipinski definition) is 4. The summed E-state index contributed by atoms with van der Waals surface area (Å²) < 4.78 is 5.17. The third-order valence-corrected chi connectivity index (χ3v) is 4.39. The summed E-state index contributed by atoms with van der Waals surface area (Å²) in [6.45, 7) is 4.02. The summed E-state index contributed by atoms with van der Waals surface area (Å²) in [7, 11) is 1.55. The number of aryl methyl sites for hydroxylation is 1. The van der Waals surface area contributed by atoms with Gasteiger partial charge in [0.15, 0.2) is 0 Å². The number of anilines is 2. The first-order valence-electron chi connectivity index (χ1n) is 7.85. The summed E-state index contributed by atoms with van der Waals surface area (Å²) in [4.78, 5) is 26.3. The number of nitrogens with zero attached hydrogens (tertiary/aromatic N) is 1. The average molecular weight is 324 g/mol. The van der Waals surface area contributed by atoms with Crippen molar-refractivity contribution in [1.82, 2.24) is 0 Å². The van der Waals surface area contributed by atoms with Gasteiger partial charge in [-0.25, -0.2) is 4.90 Å². The van der Waals surface area contributed by atoms with E-state index in [1.54, 1.807) is 31.4 Å². The Morgan fingerprint density at radius 1 is 1.12 bits per heavy atom. The monoisotopic (exact) mass is 324 g/mol. The summed E-state index contributed by atoms with van der Waals surface area (Å²) in [6.07, 6.45) is 0.142. The van der Waals surface area contributed by atoms with Crippen LogP contribution in [0.2, 0.25) is 0 Å². The first-order chi connectivity index (χ1) is 11.5. The molecule has 3 rings (SSSR count). The van der Waals surface area contributed by atoms with E-state index in [0.717, 1.165) is 16.8 Å².